The van der Waals surface area contributed by atoms with E-state index in [1.807, 2.05) is 67.5 Å². The van der Waals surface area contributed by atoms with Gasteiger partial charge in [0.15, 0.2) is 11.5 Å². The van der Waals surface area contributed by atoms with E-state index >= 15 is 0 Å². The highest BCUT2D eigenvalue weighted by Gasteiger charge is 2.22. The van der Waals surface area contributed by atoms with Crippen LogP contribution < -0.4 is 23.5 Å². The van der Waals surface area contributed by atoms with E-state index in [4.69, 9.17) is 13.7 Å². The van der Waals surface area contributed by atoms with Crippen LogP contribution in [-0.2, 0) is 16.7 Å². The third-order valence-electron chi connectivity index (χ3n) is 7.24. The van der Waals surface area contributed by atoms with Crippen molar-refractivity contribution in [3.05, 3.63) is 84.4 Å². The molecule has 0 N–H and O–H groups in total. The summed E-state index contributed by atoms with van der Waals surface area (Å²) in [4.78, 5) is 6.84. The van der Waals surface area contributed by atoms with Gasteiger partial charge in [-0.25, -0.2) is 0 Å². The van der Waals surface area contributed by atoms with Crippen LogP contribution in [0.2, 0.25) is 0 Å². The van der Waals surface area contributed by atoms with Gasteiger partial charge in [0.05, 0.1) is 14.2 Å². The first kappa shape index (κ1) is 27.6. The summed E-state index contributed by atoms with van der Waals surface area (Å²) in [5.74, 6) is 1.75. The van der Waals surface area contributed by atoms with Crippen LogP contribution in [0.15, 0.2) is 83.8 Å². The topological polar surface area (TPSA) is 71.6 Å². The Bertz CT molecular complexity index is 1580. The smallest absolute Gasteiger partial charge is 0.339 e. The molecular weight excluding hydrogens is 526 g/mol. The largest absolute Gasteiger partial charge is 0.493 e. The molecule has 0 unspecified atom stereocenters. The predicted octanol–water partition coefficient (Wildman–Crippen LogP) is 5.01. The summed E-state index contributed by atoms with van der Waals surface area (Å²) >= 11 is 0. The summed E-state index contributed by atoms with van der Waals surface area (Å²) in [7, 11) is 3.14. The number of methoxy groups -OCH3 is 2. The van der Waals surface area contributed by atoms with Gasteiger partial charge in [0.25, 0.3) is 0 Å². The number of hydrogen-bond donors (Lipinski definition) is 0. The van der Waals surface area contributed by atoms with Crippen molar-refractivity contribution in [2.75, 3.05) is 64.3 Å². The van der Waals surface area contributed by atoms with Crippen LogP contribution in [0.3, 0.4) is 0 Å². The van der Waals surface area contributed by atoms with Gasteiger partial charge >= 0.3 is 10.1 Å². The van der Waals surface area contributed by atoms with Crippen molar-refractivity contribution in [1.29, 1.82) is 0 Å². The summed E-state index contributed by atoms with van der Waals surface area (Å²) < 4.78 is 42.9. The van der Waals surface area contributed by atoms with Crippen LogP contribution in [0, 0.1) is 0 Å². The minimum atomic E-state index is -4.02. The molecule has 1 saturated heterocycles. The second-order valence-electron chi connectivity index (χ2n) is 10.0. The number of nitrogens with zero attached hydrogens (tertiary/aromatic N) is 3. The molecule has 5 rings (SSSR count). The zero-order valence-corrected chi connectivity index (χ0v) is 24.1. The first-order chi connectivity index (χ1) is 19.3. The zero-order valence-electron chi connectivity index (χ0n) is 23.3. The SMILES string of the molecule is COc1ccc(CN2CCN(c3ccc(OS(=O)(=O)c4cccc5c(N(C)C)cccc45)cc3)CC2)cc1OC. The summed E-state index contributed by atoms with van der Waals surface area (Å²) in [6.45, 7) is 4.41. The van der Waals surface area contributed by atoms with E-state index in [1.54, 1.807) is 38.5 Å². The molecule has 0 amide bonds. The molecule has 1 heterocycles. The zero-order chi connectivity index (χ0) is 28.3. The van der Waals surface area contributed by atoms with Crippen LogP contribution >= 0.6 is 0 Å². The van der Waals surface area contributed by atoms with Gasteiger partial charge < -0.3 is 23.5 Å². The third-order valence-corrected chi connectivity index (χ3v) is 8.55. The van der Waals surface area contributed by atoms with Gasteiger partial charge in [-0.15, -0.1) is 0 Å². The highest BCUT2D eigenvalue weighted by atomic mass is 32.2. The van der Waals surface area contributed by atoms with E-state index in [0.29, 0.717) is 5.39 Å². The Kier molecular flexibility index (Phi) is 8.04. The first-order valence-corrected chi connectivity index (χ1v) is 14.6. The highest BCUT2D eigenvalue weighted by Crippen LogP contribution is 2.32. The number of piperazine rings is 1. The molecule has 1 aliphatic heterocycles. The van der Waals surface area contributed by atoms with E-state index in [0.717, 1.165) is 61.0 Å². The van der Waals surface area contributed by atoms with Crippen LogP contribution in [-0.4, -0.2) is 67.8 Å². The fourth-order valence-corrected chi connectivity index (χ4v) is 6.30. The maximum atomic E-state index is 13.3. The Morgan fingerprint density at radius 1 is 0.775 bits per heavy atom. The molecule has 0 saturated carbocycles. The Hall–Kier alpha value is -3.95. The van der Waals surface area contributed by atoms with E-state index in [1.165, 1.54) is 5.56 Å². The van der Waals surface area contributed by atoms with Gasteiger partial charge in [0.2, 0.25) is 0 Å². The number of fused-ring (bicyclic) bond motifs is 1. The lowest BCUT2D eigenvalue weighted by atomic mass is 10.1. The number of benzene rings is 4. The molecular formula is C31H35N3O5S. The van der Waals surface area contributed by atoms with Crippen molar-refractivity contribution in [1.82, 2.24) is 4.90 Å². The molecule has 1 aliphatic rings. The van der Waals surface area contributed by atoms with Crippen LogP contribution in [0.4, 0.5) is 11.4 Å². The van der Waals surface area contributed by atoms with Gasteiger partial charge in [-0.05, 0) is 54.1 Å². The van der Waals surface area contributed by atoms with E-state index in [-0.39, 0.29) is 10.6 Å². The van der Waals surface area contributed by atoms with Gasteiger partial charge in [-0.1, -0.05) is 30.3 Å². The molecule has 4 aromatic carbocycles. The van der Waals surface area contributed by atoms with Gasteiger partial charge in [0.1, 0.15) is 10.6 Å². The lowest BCUT2D eigenvalue weighted by Crippen LogP contribution is -2.45. The molecule has 0 bridgehead atoms. The second kappa shape index (κ2) is 11.7. The maximum absolute atomic E-state index is 13.3. The standard InChI is InChI=1S/C31H35N3O5S/c1-32(2)28-9-5-8-27-26(28)7-6-10-31(27)40(35,36)39-25-14-12-24(13-15-25)34-19-17-33(18-20-34)22-23-11-16-29(37-3)30(21-23)38-4/h5-16,21H,17-20,22H2,1-4H3. The lowest BCUT2D eigenvalue weighted by Gasteiger charge is -2.36. The van der Waals surface area contributed by atoms with Gasteiger partial charge in [0, 0.05) is 69.0 Å². The average Bonchev–Trinajstić information content (AvgIpc) is 2.97. The molecule has 40 heavy (non-hydrogen) atoms. The number of rotatable bonds is 9. The molecule has 0 aliphatic carbocycles. The lowest BCUT2D eigenvalue weighted by molar-refractivity contribution is 0.249. The summed E-state index contributed by atoms with van der Waals surface area (Å²) in [6, 6.07) is 24.2. The van der Waals surface area contributed by atoms with E-state index < -0.39 is 10.1 Å². The monoisotopic (exact) mass is 561 g/mol. The number of ether oxygens (including phenoxy) is 2. The van der Waals surface area contributed by atoms with Crippen LogP contribution in [0.25, 0.3) is 10.8 Å². The first-order valence-electron chi connectivity index (χ1n) is 13.2. The summed E-state index contributed by atoms with van der Waals surface area (Å²) in [6.07, 6.45) is 0. The van der Waals surface area contributed by atoms with Crippen molar-refractivity contribution in [3.8, 4) is 17.2 Å². The highest BCUT2D eigenvalue weighted by molar-refractivity contribution is 7.87. The Balaban J connectivity index is 1.23. The third kappa shape index (κ3) is 5.80. The quantitative estimate of drug-likeness (QED) is 0.264. The Labute approximate surface area is 236 Å². The van der Waals surface area contributed by atoms with Crippen molar-refractivity contribution in [2.45, 2.75) is 11.4 Å². The number of hydrogen-bond acceptors (Lipinski definition) is 8. The molecule has 0 spiro atoms. The molecule has 0 radical (unpaired) electrons. The van der Waals surface area contributed by atoms with Crippen LogP contribution in [0.5, 0.6) is 17.2 Å². The van der Waals surface area contributed by atoms with Crippen molar-refractivity contribution >= 4 is 32.3 Å². The molecule has 8 nitrogen and oxygen atoms in total. The predicted molar refractivity (Wildman–Crippen MR) is 160 cm³/mol. The number of anilines is 2. The van der Waals surface area contributed by atoms with Crippen molar-refractivity contribution < 1.29 is 22.1 Å². The Morgan fingerprint density at radius 3 is 2.12 bits per heavy atom. The molecule has 0 atom stereocenters. The minimum absolute atomic E-state index is 0.156. The fourth-order valence-electron chi connectivity index (χ4n) is 5.16. The molecule has 4 aromatic rings. The normalized spacial score (nSPS) is 14.2. The van der Waals surface area contributed by atoms with E-state index in [2.05, 4.69) is 15.9 Å². The second-order valence-corrected chi connectivity index (χ2v) is 11.5. The molecule has 210 valence electrons. The van der Waals surface area contributed by atoms with Crippen molar-refractivity contribution in [3.63, 3.8) is 0 Å². The summed E-state index contributed by atoms with van der Waals surface area (Å²) in [5.41, 5.74) is 3.16. The Morgan fingerprint density at radius 2 is 1.45 bits per heavy atom. The van der Waals surface area contributed by atoms with Crippen LogP contribution in [0.1, 0.15) is 5.56 Å². The fraction of sp³-hybridized carbons (Fsp3) is 0.290. The maximum Gasteiger partial charge on any atom is 0.339 e. The summed E-state index contributed by atoms with van der Waals surface area (Å²) in [5, 5.41) is 1.49. The van der Waals surface area contributed by atoms with Crippen molar-refractivity contribution in [2.24, 2.45) is 0 Å². The minimum Gasteiger partial charge on any atom is -0.493 e. The van der Waals surface area contributed by atoms with E-state index in [9.17, 15) is 8.42 Å². The average molecular weight is 562 g/mol. The molecule has 0 aromatic heterocycles. The van der Waals surface area contributed by atoms with Gasteiger partial charge in [-0.2, -0.15) is 8.42 Å². The molecule has 9 heteroatoms. The molecule has 1 fully saturated rings. The van der Waals surface area contributed by atoms with Gasteiger partial charge in [-0.3, -0.25) is 4.90 Å².